The van der Waals surface area contributed by atoms with Crippen LogP contribution in [0, 0.1) is 10.1 Å². The van der Waals surface area contributed by atoms with Crippen LogP contribution >= 0.6 is 0 Å². The Balaban J connectivity index is 3.79. The van der Waals surface area contributed by atoms with E-state index in [4.69, 9.17) is 5.11 Å². The lowest BCUT2D eigenvalue weighted by Crippen LogP contribution is -2.21. The van der Waals surface area contributed by atoms with Crippen molar-refractivity contribution < 1.29 is 23.2 Å². The number of hydrogen-bond acceptors (Lipinski definition) is 6. The molecule has 104 valence electrons. The zero-order valence-electron chi connectivity index (χ0n) is 10.00. The molecule has 1 rings (SSSR count). The van der Waals surface area contributed by atoms with E-state index in [9.17, 15) is 23.3 Å². The van der Waals surface area contributed by atoms with Crippen LogP contribution in [0.4, 0.5) is 11.4 Å². The largest absolute Gasteiger partial charge is 0.478 e. The number of nitro benzene ring substituents is 1. The maximum atomic E-state index is 11.8. The number of sulfonamides is 1. The molecule has 3 N–H and O–H groups in total. The lowest BCUT2D eigenvalue weighted by Gasteiger charge is -2.10. The molecule has 0 unspecified atom stereocenters. The molecule has 0 saturated carbocycles. The Kier molecular flexibility index (Phi) is 4.07. The Bertz CT molecular complexity index is 640. The van der Waals surface area contributed by atoms with Crippen LogP contribution in [-0.2, 0) is 10.0 Å². The van der Waals surface area contributed by atoms with Gasteiger partial charge in [0.1, 0.15) is 10.6 Å². The maximum Gasteiger partial charge on any atom is 0.335 e. The molecule has 10 heteroatoms. The van der Waals surface area contributed by atoms with Crippen LogP contribution in [0.2, 0.25) is 0 Å². The van der Waals surface area contributed by atoms with Gasteiger partial charge in [0, 0.05) is 13.1 Å². The number of benzene rings is 1. The number of carboxylic acid groups (broad SMARTS) is 1. The van der Waals surface area contributed by atoms with E-state index in [1.54, 1.807) is 0 Å². The monoisotopic (exact) mass is 289 g/mol. The number of carboxylic acids is 1. The first-order chi connectivity index (χ1) is 8.74. The molecule has 0 atom stereocenters. The number of anilines is 1. The molecule has 0 heterocycles. The molecule has 0 saturated heterocycles. The van der Waals surface area contributed by atoms with Crippen molar-refractivity contribution in [3.8, 4) is 0 Å². The van der Waals surface area contributed by atoms with E-state index < -0.39 is 37.1 Å². The second kappa shape index (κ2) is 5.20. The molecule has 0 amide bonds. The van der Waals surface area contributed by atoms with Gasteiger partial charge in [-0.2, -0.15) is 0 Å². The van der Waals surface area contributed by atoms with Gasteiger partial charge in [-0.25, -0.2) is 17.9 Å². The van der Waals surface area contributed by atoms with Crippen molar-refractivity contribution in [2.45, 2.75) is 4.90 Å². The van der Waals surface area contributed by atoms with Crippen molar-refractivity contribution in [2.24, 2.45) is 0 Å². The van der Waals surface area contributed by atoms with Crippen LogP contribution in [0.3, 0.4) is 0 Å². The fourth-order valence-corrected chi connectivity index (χ4v) is 2.42. The van der Waals surface area contributed by atoms with Crippen molar-refractivity contribution in [1.82, 2.24) is 4.72 Å². The standard InChI is InChI=1S/C9H11N3O6S/c1-10-8-6(12(15)16)3-5(9(13)14)4-7(8)19(17,18)11-2/h3-4,10-11H,1-2H3,(H,13,14). The second-order valence-corrected chi connectivity index (χ2v) is 5.24. The van der Waals surface area contributed by atoms with Gasteiger partial charge in [0.05, 0.1) is 10.5 Å². The topological polar surface area (TPSA) is 139 Å². The van der Waals surface area contributed by atoms with E-state index in [1.807, 2.05) is 4.72 Å². The van der Waals surface area contributed by atoms with Crippen molar-refractivity contribution >= 4 is 27.4 Å². The van der Waals surface area contributed by atoms with Gasteiger partial charge >= 0.3 is 5.97 Å². The molecule has 0 aliphatic carbocycles. The molecule has 19 heavy (non-hydrogen) atoms. The molecular weight excluding hydrogens is 278 g/mol. The third-order valence-electron chi connectivity index (χ3n) is 2.33. The Morgan fingerprint density at radius 2 is 1.95 bits per heavy atom. The number of nitrogens with one attached hydrogen (secondary N) is 2. The Labute approximate surface area is 108 Å². The number of aromatic carboxylic acids is 1. The van der Waals surface area contributed by atoms with Gasteiger partial charge in [0.25, 0.3) is 5.69 Å². The first-order valence-corrected chi connectivity index (χ1v) is 6.40. The lowest BCUT2D eigenvalue weighted by atomic mass is 10.1. The summed E-state index contributed by atoms with van der Waals surface area (Å²) in [5.41, 5.74) is -1.39. The lowest BCUT2D eigenvalue weighted by molar-refractivity contribution is -0.384. The van der Waals surface area contributed by atoms with Gasteiger partial charge < -0.3 is 10.4 Å². The Morgan fingerprint density at radius 1 is 1.37 bits per heavy atom. The molecule has 0 fully saturated rings. The van der Waals surface area contributed by atoms with E-state index in [0.717, 1.165) is 19.2 Å². The average molecular weight is 289 g/mol. The zero-order chi connectivity index (χ0) is 14.8. The van der Waals surface area contributed by atoms with E-state index in [2.05, 4.69) is 5.32 Å². The van der Waals surface area contributed by atoms with Crippen LogP contribution in [0.25, 0.3) is 0 Å². The first kappa shape index (κ1) is 14.9. The zero-order valence-corrected chi connectivity index (χ0v) is 10.8. The van der Waals surface area contributed by atoms with Gasteiger partial charge in [-0.1, -0.05) is 0 Å². The first-order valence-electron chi connectivity index (χ1n) is 4.91. The van der Waals surface area contributed by atoms with Crippen LogP contribution < -0.4 is 10.0 Å². The van der Waals surface area contributed by atoms with E-state index >= 15 is 0 Å². The molecule has 0 aliphatic heterocycles. The number of nitro groups is 1. The summed E-state index contributed by atoms with van der Waals surface area (Å²) in [5, 5.41) is 22.1. The minimum atomic E-state index is -4.03. The second-order valence-electron chi connectivity index (χ2n) is 3.39. The maximum absolute atomic E-state index is 11.8. The molecule has 0 aromatic heterocycles. The van der Waals surface area contributed by atoms with Gasteiger partial charge in [-0.15, -0.1) is 0 Å². The third kappa shape index (κ3) is 2.80. The molecule has 0 bridgehead atoms. The normalized spacial score (nSPS) is 11.1. The van der Waals surface area contributed by atoms with Crippen molar-refractivity contribution in [3.63, 3.8) is 0 Å². The fraction of sp³-hybridized carbons (Fsp3) is 0.222. The van der Waals surface area contributed by atoms with Gasteiger partial charge in [-0.05, 0) is 13.1 Å². The highest BCUT2D eigenvalue weighted by molar-refractivity contribution is 7.89. The van der Waals surface area contributed by atoms with Crippen molar-refractivity contribution in [1.29, 1.82) is 0 Å². The minimum absolute atomic E-state index is 0.274. The van der Waals surface area contributed by atoms with Crippen LogP contribution in [0.1, 0.15) is 10.4 Å². The average Bonchev–Trinajstić information content (AvgIpc) is 2.36. The summed E-state index contributed by atoms with van der Waals surface area (Å²) < 4.78 is 25.5. The van der Waals surface area contributed by atoms with Gasteiger partial charge in [0.2, 0.25) is 10.0 Å². The number of carbonyl (C=O) groups is 1. The van der Waals surface area contributed by atoms with Crippen molar-refractivity contribution in [2.75, 3.05) is 19.4 Å². The van der Waals surface area contributed by atoms with Crippen LogP contribution in [0.15, 0.2) is 17.0 Å². The summed E-state index contributed by atoms with van der Waals surface area (Å²) in [5.74, 6) is -1.46. The molecular formula is C9H11N3O6S. The minimum Gasteiger partial charge on any atom is -0.478 e. The highest BCUT2D eigenvalue weighted by Gasteiger charge is 2.27. The summed E-state index contributed by atoms with van der Waals surface area (Å²) >= 11 is 0. The summed E-state index contributed by atoms with van der Waals surface area (Å²) in [6.45, 7) is 0. The van der Waals surface area contributed by atoms with Gasteiger partial charge in [-0.3, -0.25) is 10.1 Å². The molecule has 0 radical (unpaired) electrons. The highest BCUT2D eigenvalue weighted by Crippen LogP contribution is 2.32. The SMILES string of the molecule is CNc1c([N+](=O)[O-])cc(C(=O)O)cc1S(=O)(=O)NC. The summed E-state index contributed by atoms with van der Waals surface area (Å²) in [4.78, 5) is 20.4. The summed E-state index contributed by atoms with van der Waals surface area (Å²) in [6, 6.07) is 1.65. The predicted octanol–water partition coefficient (Wildman–Crippen LogP) is 0.243. The Hall–Kier alpha value is -2.20. The fourth-order valence-electron chi connectivity index (χ4n) is 1.44. The summed E-state index contributed by atoms with van der Waals surface area (Å²) in [6.07, 6.45) is 0. The number of hydrogen-bond donors (Lipinski definition) is 3. The molecule has 1 aromatic carbocycles. The van der Waals surface area contributed by atoms with Gasteiger partial charge in [0.15, 0.2) is 0 Å². The van der Waals surface area contributed by atoms with Crippen molar-refractivity contribution in [3.05, 3.63) is 27.8 Å². The van der Waals surface area contributed by atoms with E-state index in [-0.39, 0.29) is 5.69 Å². The summed E-state index contributed by atoms with van der Waals surface area (Å²) in [7, 11) is -1.61. The third-order valence-corrected chi connectivity index (χ3v) is 3.77. The molecule has 0 spiro atoms. The molecule has 9 nitrogen and oxygen atoms in total. The number of nitrogens with zero attached hydrogens (tertiary/aromatic N) is 1. The Morgan fingerprint density at radius 3 is 2.32 bits per heavy atom. The van der Waals surface area contributed by atoms with Crippen LogP contribution in [-0.4, -0.2) is 38.5 Å². The quantitative estimate of drug-likeness (QED) is 0.521. The highest BCUT2D eigenvalue weighted by atomic mass is 32.2. The smallest absolute Gasteiger partial charge is 0.335 e. The number of rotatable bonds is 5. The molecule has 1 aromatic rings. The van der Waals surface area contributed by atoms with E-state index in [1.165, 1.54) is 7.05 Å². The van der Waals surface area contributed by atoms with E-state index in [0.29, 0.717) is 0 Å². The van der Waals surface area contributed by atoms with Crippen LogP contribution in [0.5, 0.6) is 0 Å². The molecule has 0 aliphatic rings. The predicted molar refractivity (Wildman–Crippen MR) is 65.8 cm³/mol.